The van der Waals surface area contributed by atoms with Crippen LogP contribution in [-0.2, 0) is 4.74 Å². The Labute approximate surface area is 100 Å². The Morgan fingerprint density at radius 1 is 1.19 bits per heavy atom. The lowest BCUT2D eigenvalue weighted by Gasteiger charge is -2.35. The van der Waals surface area contributed by atoms with Crippen LogP contribution in [0.4, 0.5) is 0 Å². The molecule has 1 heterocycles. The molecule has 0 aromatic rings. The fraction of sp³-hybridized carbons (Fsp3) is 1.00. The predicted molar refractivity (Wildman–Crippen MR) is 68.6 cm³/mol. The standard InChI is InChI=1S/C13H28N2O/c1-2-13-12-16-11-10-15(13)9-7-5-3-4-6-8-14/h13H,2-12,14H2,1H3. The molecule has 3 nitrogen and oxygen atoms in total. The number of nitrogens with zero attached hydrogens (tertiary/aromatic N) is 1. The van der Waals surface area contributed by atoms with E-state index in [4.69, 9.17) is 10.5 Å². The molecule has 0 aliphatic carbocycles. The van der Waals surface area contributed by atoms with Crippen LogP contribution >= 0.6 is 0 Å². The summed E-state index contributed by atoms with van der Waals surface area (Å²) in [6.45, 7) is 7.34. The van der Waals surface area contributed by atoms with E-state index in [-0.39, 0.29) is 0 Å². The molecule has 2 N–H and O–H groups in total. The van der Waals surface area contributed by atoms with Crippen molar-refractivity contribution in [2.24, 2.45) is 5.73 Å². The van der Waals surface area contributed by atoms with Crippen molar-refractivity contribution in [1.29, 1.82) is 0 Å². The molecule has 1 fully saturated rings. The molecule has 1 unspecified atom stereocenters. The largest absolute Gasteiger partial charge is 0.378 e. The van der Waals surface area contributed by atoms with Crippen LogP contribution in [0.5, 0.6) is 0 Å². The van der Waals surface area contributed by atoms with Gasteiger partial charge in [-0.25, -0.2) is 0 Å². The third kappa shape index (κ3) is 5.28. The van der Waals surface area contributed by atoms with Gasteiger partial charge in [0, 0.05) is 12.6 Å². The van der Waals surface area contributed by atoms with Crippen LogP contribution in [-0.4, -0.2) is 43.8 Å². The van der Waals surface area contributed by atoms with E-state index in [2.05, 4.69) is 11.8 Å². The summed E-state index contributed by atoms with van der Waals surface area (Å²) in [6.07, 6.45) is 7.74. The van der Waals surface area contributed by atoms with Gasteiger partial charge in [-0.1, -0.05) is 26.2 Å². The van der Waals surface area contributed by atoms with Crippen molar-refractivity contribution in [2.75, 3.05) is 32.8 Å². The molecular weight excluding hydrogens is 200 g/mol. The quantitative estimate of drug-likeness (QED) is 0.646. The number of hydrogen-bond donors (Lipinski definition) is 1. The molecule has 1 rings (SSSR count). The summed E-state index contributed by atoms with van der Waals surface area (Å²) in [6, 6.07) is 0.665. The summed E-state index contributed by atoms with van der Waals surface area (Å²) >= 11 is 0. The molecule has 1 aliphatic rings. The van der Waals surface area contributed by atoms with Gasteiger partial charge in [-0.15, -0.1) is 0 Å². The van der Waals surface area contributed by atoms with Crippen LogP contribution in [0.15, 0.2) is 0 Å². The fourth-order valence-electron chi connectivity index (χ4n) is 2.35. The molecule has 1 saturated heterocycles. The number of rotatable bonds is 8. The van der Waals surface area contributed by atoms with Crippen molar-refractivity contribution in [3.63, 3.8) is 0 Å². The van der Waals surface area contributed by atoms with Gasteiger partial charge in [-0.3, -0.25) is 4.90 Å². The predicted octanol–water partition coefficient (Wildman–Crippen LogP) is 2.01. The van der Waals surface area contributed by atoms with Crippen LogP contribution in [0.25, 0.3) is 0 Å². The first-order valence-electron chi connectivity index (χ1n) is 6.90. The van der Waals surface area contributed by atoms with Crippen molar-refractivity contribution in [3.05, 3.63) is 0 Å². The van der Waals surface area contributed by atoms with E-state index >= 15 is 0 Å². The normalized spacial score (nSPS) is 22.5. The summed E-state index contributed by atoms with van der Waals surface area (Å²) in [7, 11) is 0. The van der Waals surface area contributed by atoms with Gasteiger partial charge in [0.25, 0.3) is 0 Å². The Kier molecular flexibility index (Phi) is 7.81. The van der Waals surface area contributed by atoms with Gasteiger partial charge in [0.05, 0.1) is 13.2 Å². The molecule has 1 aliphatic heterocycles. The van der Waals surface area contributed by atoms with E-state index in [9.17, 15) is 0 Å². The molecule has 1 atom stereocenters. The van der Waals surface area contributed by atoms with E-state index < -0.39 is 0 Å². The molecule has 16 heavy (non-hydrogen) atoms. The summed E-state index contributed by atoms with van der Waals surface area (Å²) in [4.78, 5) is 2.60. The monoisotopic (exact) mass is 228 g/mol. The Morgan fingerprint density at radius 2 is 1.94 bits per heavy atom. The van der Waals surface area contributed by atoms with Gasteiger partial charge < -0.3 is 10.5 Å². The molecule has 0 aromatic heterocycles. The van der Waals surface area contributed by atoms with Gasteiger partial charge in [-0.05, 0) is 32.4 Å². The van der Waals surface area contributed by atoms with E-state index in [1.54, 1.807) is 0 Å². The summed E-state index contributed by atoms with van der Waals surface area (Å²) in [5.41, 5.74) is 5.47. The molecule has 0 saturated carbocycles. The number of nitrogens with two attached hydrogens (primary N) is 1. The summed E-state index contributed by atoms with van der Waals surface area (Å²) in [5, 5.41) is 0. The van der Waals surface area contributed by atoms with Gasteiger partial charge in [0.1, 0.15) is 0 Å². The smallest absolute Gasteiger partial charge is 0.0622 e. The SMILES string of the molecule is CCC1COCCN1CCCCCCCN. The maximum atomic E-state index is 5.51. The zero-order valence-electron chi connectivity index (χ0n) is 10.8. The second-order valence-corrected chi connectivity index (χ2v) is 4.73. The van der Waals surface area contributed by atoms with Crippen molar-refractivity contribution in [2.45, 2.75) is 51.5 Å². The molecule has 0 spiro atoms. The van der Waals surface area contributed by atoms with Crippen molar-refractivity contribution >= 4 is 0 Å². The van der Waals surface area contributed by atoms with Gasteiger partial charge >= 0.3 is 0 Å². The highest BCUT2D eigenvalue weighted by atomic mass is 16.5. The van der Waals surface area contributed by atoms with Crippen LogP contribution in [0, 0.1) is 0 Å². The maximum Gasteiger partial charge on any atom is 0.0622 e. The number of hydrogen-bond acceptors (Lipinski definition) is 3. The first-order chi connectivity index (χ1) is 7.88. The number of unbranched alkanes of at least 4 members (excludes halogenated alkanes) is 4. The third-order valence-corrected chi connectivity index (χ3v) is 3.47. The van der Waals surface area contributed by atoms with Crippen molar-refractivity contribution < 1.29 is 4.74 Å². The van der Waals surface area contributed by atoms with Crippen LogP contribution in [0.2, 0.25) is 0 Å². The van der Waals surface area contributed by atoms with Gasteiger partial charge in [0.2, 0.25) is 0 Å². The van der Waals surface area contributed by atoms with E-state index in [0.29, 0.717) is 6.04 Å². The summed E-state index contributed by atoms with van der Waals surface area (Å²) in [5.74, 6) is 0. The molecule has 0 amide bonds. The Bertz CT molecular complexity index is 164. The minimum Gasteiger partial charge on any atom is -0.378 e. The second-order valence-electron chi connectivity index (χ2n) is 4.73. The first-order valence-corrected chi connectivity index (χ1v) is 6.90. The van der Waals surface area contributed by atoms with Crippen LogP contribution < -0.4 is 5.73 Å². The highest BCUT2D eigenvalue weighted by molar-refractivity contribution is 4.73. The van der Waals surface area contributed by atoms with Gasteiger partial charge in [0.15, 0.2) is 0 Å². The average molecular weight is 228 g/mol. The zero-order chi connectivity index (χ0) is 11.6. The lowest BCUT2D eigenvalue weighted by molar-refractivity contribution is -0.00918. The van der Waals surface area contributed by atoms with Crippen molar-refractivity contribution in [3.8, 4) is 0 Å². The van der Waals surface area contributed by atoms with Crippen LogP contribution in [0.1, 0.15) is 45.4 Å². The zero-order valence-corrected chi connectivity index (χ0v) is 10.8. The topological polar surface area (TPSA) is 38.5 Å². The Morgan fingerprint density at radius 3 is 2.69 bits per heavy atom. The first kappa shape index (κ1) is 13.9. The van der Waals surface area contributed by atoms with Crippen molar-refractivity contribution in [1.82, 2.24) is 4.90 Å². The Hall–Kier alpha value is -0.120. The Balaban J connectivity index is 2.02. The number of morpholine rings is 1. The molecule has 96 valence electrons. The minimum absolute atomic E-state index is 0.665. The highest BCUT2D eigenvalue weighted by Crippen LogP contribution is 2.12. The van der Waals surface area contributed by atoms with E-state index in [0.717, 1.165) is 26.3 Å². The molecule has 0 bridgehead atoms. The van der Waals surface area contributed by atoms with E-state index in [1.165, 1.54) is 45.1 Å². The van der Waals surface area contributed by atoms with Crippen LogP contribution in [0.3, 0.4) is 0 Å². The minimum atomic E-state index is 0.665. The lowest BCUT2D eigenvalue weighted by atomic mass is 10.1. The average Bonchev–Trinajstić information content (AvgIpc) is 2.34. The fourth-order valence-corrected chi connectivity index (χ4v) is 2.35. The summed E-state index contributed by atoms with van der Waals surface area (Å²) < 4.78 is 5.51. The molecule has 3 heteroatoms. The molecule has 0 aromatic carbocycles. The number of ether oxygens (including phenoxy) is 1. The lowest BCUT2D eigenvalue weighted by Crippen LogP contribution is -2.45. The molecule has 0 radical (unpaired) electrons. The maximum absolute atomic E-state index is 5.51. The second kappa shape index (κ2) is 8.97. The highest BCUT2D eigenvalue weighted by Gasteiger charge is 2.20. The van der Waals surface area contributed by atoms with E-state index in [1.807, 2.05) is 0 Å². The molecular formula is C13H28N2O. The third-order valence-electron chi connectivity index (χ3n) is 3.47. The van der Waals surface area contributed by atoms with Gasteiger partial charge in [-0.2, -0.15) is 0 Å².